The van der Waals surface area contributed by atoms with Crippen LogP contribution in [0.4, 0.5) is 0 Å². The summed E-state index contributed by atoms with van der Waals surface area (Å²) in [5.41, 5.74) is 0.558. The molecule has 2 heteroatoms. The highest BCUT2D eigenvalue weighted by atomic mass is 32.1. The van der Waals surface area contributed by atoms with E-state index in [0.717, 1.165) is 0 Å². The van der Waals surface area contributed by atoms with Crippen molar-refractivity contribution in [2.24, 2.45) is 5.41 Å². The molecule has 1 aromatic heterocycles. The highest BCUT2D eigenvalue weighted by Gasteiger charge is 2.25. The molecule has 0 amide bonds. The molecule has 1 N–H and O–H groups in total. The van der Waals surface area contributed by atoms with Crippen molar-refractivity contribution in [1.82, 2.24) is 5.32 Å². The van der Waals surface area contributed by atoms with Crippen LogP contribution in [-0.4, -0.2) is 6.04 Å². The maximum Gasteiger partial charge on any atom is 0.0388 e. The Morgan fingerprint density at radius 2 is 2.18 bits per heavy atom. The van der Waals surface area contributed by atoms with Gasteiger partial charge in [0, 0.05) is 17.0 Å². The first-order valence-electron chi connectivity index (χ1n) is 6.86. The van der Waals surface area contributed by atoms with Gasteiger partial charge in [0.05, 0.1) is 0 Å². The van der Waals surface area contributed by atoms with Gasteiger partial charge in [-0.25, -0.2) is 0 Å². The van der Waals surface area contributed by atoms with Gasteiger partial charge >= 0.3 is 0 Å². The first kappa shape index (κ1) is 13.1. The molecule has 1 heterocycles. The van der Waals surface area contributed by atoms with E-state index in [-0.39, 0.29) is 0 Å². The van der Waals surface area contributed by atoms with Gasteiger partial charge in [-0.3, -0.25) is 0 Å². The van der Waals surface area contributed by atoms with E-state index in [4.69, 9.17) is 0 Å². The molecule has 1 aromatic rings. The molecule has 1 saturated carbocycles. The molecule has 0 spiro atoms. The van der Waals surface area contributed by atoms with Crippen molar-refractivity contribution in [2.75, 3.05) is 0 Å². The van der Waals surface area contributed by atoms with E-state index < -0.39 is 0 Å². The summed E-state index contributed by atoms with van der Waals surface area (Å²) in [5, 5.41) is 5.98. The van der Waals surface area contributed by atoms with Gasteiger partial charge in [-0.05, 0) is 49.5 Å². The summed E-state index contributed by atoms with van der Waals surface area (Å²) < 4.78 is 0. The Balaban J connectivity index is 1.87. The van der Waals surface area contributed by atoms with Gasteiger partial charge in [0.2, 0.25) is 0 Å². The van der Waals surface area contributed by atoms with Crippen molar-refractivity contribution in [3.8, 4) is 0 Å². The fraction of sp³-hybridized carbons (Fsp3) is 0.733. The minimum absolute atomic E-state index is 0.515. The second kappa shape index (κ2) is 5.53. The predicted molar refractivity (Wildman–Crippen MR) is 76.5 cm³/mol. The minimum Gasteiger partial charge on any atom is -0.307 e. The van der Waals surface area contributed by atoms with Crippen LogP contribution in [0.3, 0.4) is 0 Å². The van der Waals surface area contributed by atoms with Gasteiger partial charge in [-0.2, -0.15) is 0 Å². The maximum atomic E-state index is 3.81. The summed E-state index contributed by atoms with van der Waals surface area (Å²) in [6.45, 7) is 7.12. The average molecular weight is 251 g/mol. The average Bonchev–Trinajstić information content (AvgIpc) is 2.73. The summed E-state index contributed by atoms with van der Waals surface area (Å²) in [5.74, 6) is 0. The second-order valence-corrected chi connectivity index (χ2v) is 7.18. The van der Waals surface area contributed by atoms with Gasteiger partial charge in [-0.1, -0.05) is 26.3 Å². The highest BCUT2D eigenvalue weighted by molar-refractivity contribution is 7.10. The van der Waals surface area contributed by atoms with Gasteiger partial charge in [0.25, 0.3) is 0 Å². The Kier molecular flexibility index (Phi) is 4.26. The summed E-state index contributed by atoms with van der Waals surface area (Å²) in [4.78, 5) is 1.47. The number of nitrogens with one attached hydrogen (secondary N) is 1. The third-order valence-corrected chi connectivity index (χ3v) is 5.09. The maximum absolute atomic E-state index is 3.81. The van der Waals surface area contributed by atoms with Crippen LogP contribution in [0.25, 0.3) is 0 Å². The van der Waals surface area contributed by atoms with E-state index in [1.807, 2.05) is 11.3 Å². The van der Waals surface area contributed by atoms with E-state index in [2.05, 4.69) is 43.6 Å². The van der Waals surface area contributed by atoms with E-state index >= 15 is 0 Å². The van der Waals surface area contributed by atoms with E-state index in [0.29, 0.717) is 17.5 Å². The van der Waals surface area contributed by atoms with Gasteiger partial charge < -0.3 is 5.32 Å². The standard InChI is InChI=1S/C15H25NS/c1-12(14-7-5-11-17-14)16-13-6-4-9-15(2,3)10-8-13/h5,7,11-13,16H,4,6,8-10H2,1-3H3/t12-,13?/m1/s1. The van der Waals surface area contributed by atoms with Crippen LogP contribution in [0.5, 0.6) is 0 Å². The molecule has 0 saturated heterocycles. The quantitative estimate of drug-likeness (QED) is 0.764. The first-order chi connectivity index (χ1) is 8.07. The summed E-state index contributed by atoms with van der Waals surface area (Å²) in [7, 11) is 0. The molecule has 2 rings (SSSR count). The van der Waals surface area contributed by atoms with Crippen LogP contribution in [0.1, 0.15) is 63.8 Å². The van der Waals surface area contributed by atoms with Gasteiger partial charge in [0.15, 0.2) is 0 Å². The van der Waals surface area contributed by atoms with Crippen molar-refractivity contribution >= 4 is 11.3 Å². The zero-order chi connectivity index (χ0) is 12.3. The molecule has 0 aliphatic heterocycles. The molecule has 1 fully saturated rings. The van der Waals surface area contributed by atoms with Crippen LogP contribution < -0.4 is 5.32 Å². The number of rotatable bonds is 3. The van der Waals surface area contributed by atoms with Crippen LogP contribution in [0, 0.1) is 5.41 Å². The smallest absolute Gasteiger partial charge is 0.0388 e. The van der Waals surface area contributed by atoms with Gasteiger partial charge in [-0.15, -0.1) is 11.3 Å². The molecule has 0 aromatic carbocycles. The second-order valence-electron chi connectivity index (χ2n) is 6.20. The molecule has 1 unspecified atom stereocenters. The zero-order valence-corrected chi connectivity index (χ0v) is 12.1. The topological polar surface area (TPSA) is 12.0 Å². The lowest BCUT2D eigenvalue weighted by atomic mass is 9.85. The van der Waals surface area contributed by atoms with Crippen molar-refractivity contribution < 1.29 is 0 Å². The highest BCUT2D eigenvalue weighted by Crippen LogP contribution is 2.34. The molecule has 0 bridgehead atoms. The van der Waals surface area contributed by atoms with E-state index in [1.165, 1.54) is 37.0 Å². The molecule has 2 atom stereocenters. The summed E-state index contributed by atoms with van der Waals surface area (Å²) >= 11 is 1.86. The molecule has 1 nitrogen and oxygen atoms in total. The Morgan fingerprint density at radius 3 is 2.88 bits per heavy atom. The summed E-state index contributed by atoms with van der Waals surface area (Å²) in [6.07, 6.45) is 6.81. The lowest BCUT2D eigenvalue weighted by Gasteiger charge is -2.23. The van der Waals surface area contributed by atoms with Crippen molar-refractivity contribution in [1.29, 1.82) is 0 Å². The van der Waals surface area contributed by atoms with E-state index in [1.54, 1.807) is 0 Å². The third-order valence-electron chi connectivity index (χ3n) is 4.03. The van der Waals surface area contributed by atoms with Crippen LogP contribution in [0.15, 0.2) is 17.5 Å². The van der Waals surface area contributed by atoms with Gasteiger partial charge in [0.1, 0.15) is 0 Å². The Bertz CT molecular complexity index is 329. The first-order valence-corrected chi connectivity index (χ1v) is 7.74. The molecule has 96 valence electrons. The monoisotopic (exact) mass is 251 g/mol. The van der Waals surface area contributed by atoms with Crippen LogP contribution >= 0.6 is 11.3 Å². The Labute approximate surface area is 110 Å². The molecule has 1 aliphatic rings. The van der Waals surface area contributed by atoms with Crippen molar-refractivity contribution in [2.45, 2.75) is 65.0 Å². The fourth-order valence-corrected chi connectivity index (χ4v) is 3.54. The largest absolute Gasteiger partial charge is 0.307 e. The number of hydrogen-bond donors (Lipinski definition) is 1. The van der Waals surface area contributed by atoms with Crippen molar-refractivity contribution in [3.05, 3.63) is 22.4 Å². The predicted octanol–water partition coefficient (Wildman–Crippen LogP) is 4.76. The number of hydrogen-bond acceptors (Lipinski definition) is 2. The lowest BCUT2D eigenvalue weighted by Crippen LogP contribution is -2.30. The molecule has 1 aliphatic carbocycles. The third kappa shape index (κ3) is 3.82. The van der Waals surface area contributed by atoms with Crippen LogP contribution in [0.2, 0.25) is 0 Å². The number of thiophene rings is 1. The van der Waals surface area contributed by atoms with Crippen molar-refractivity contribution in [3.63, 3.8) is 0 Å². The normalized spacial score (nSPS) is 26.4. The lowest BCUT2D eigenvalue weighted by molar-refractivity contribution is 0.308. The SMILES string of the molecule is C[C@@H](NC1CCCC(C)(C)CC1)c1cccs1. The molecule has 0 radical (unpaired) electrons. The minimum atomic E-state index is 0.515. The zero-order valence-electron chi connectivity index (χ0n) is 11.3. The van der Waals surface area contributed by atoms with Crippen LogP contribution in [-0.2, 0) is 0 Å². The molecular formula is C15H25NS. The fourth-order valence-electron chi connectivity index (χ4n) is 2.80. The Hall–Kier alpha value is -0.340. The Morgan fingerprint density at radius 1 is 1.35 bits per heavy atom. The molecular weight excluding hydrogens is 226 g/mol. The van der Waals surface area contributed by atoms with E-state index in [9.17, 15) is 0 Å². The summed E-state index contributed by atoms with van der Waals surface area (Å²) in [6, 6.07) is 5.62. The molecule has 17 heavy (non-hydrogen) atoms.